The summed E-state index contributed by atoms with van der Waals surface area (Å²) in [5.41, 5.74) is 0.252. The summed E-state index contributed by atoms with van der Waals surface area (Å²) >= 11 is 0. The average Bonchev–Trinajstić information content (AvgIpc) is 2.32. The summed E-state index contributed by atoms with van der Waals surface area (Å²) in [6.45, 7) is 1.20. The maximum atomic E-state index is 11.7. The molecule has 8 heteroatoms. The van der Waals surface area contributed by atoms with Gasteiger partial charge in [0.05, 0.1) is 44.8 Å². The second-order valence-electron chi connectivity index (χ2n) is 5.50. The quantitative estimate of drug-likeness (QED) is 0.222. The zero-order chi connectivity index (χ0) is 15.4. The number of rotatable bonds is 6. The molecule has 114 valence electrons. The second kappa shape index (κ2) is 8.26. The SMILES string of the molecule is C[N+](C)(C)CCCOC(=O)c1ccc(S(=O)(=O)O)cc1.[H-].[Na+]. The Morgan fingerprint density at radius 1 is 1.24 bits per heavy atom. The first kappa shape index (κ1) is 20.6. The van der Waals surface area contributed by atoms with Crippen LogP contribution in [-0.2, 0) is 14.9 Å². The van der Waals surface area contributed by atoms with Gasteiger partial charge in [-0.1, -0.05) is 0 Å². The van der Waals surface area contributed by atoms with Crippen LogP contribution in [0.25, 0.3) is 0 Å². The van der Waals surface area contributed by atoms with Crippen LogP contribution in [-0.4, -0.2) is 57.7 Å². The predicted octanol–water partition coefficient (Wildman–Crippen LogP) is -1.70. The van der Waals surface area contributed by atoms with Gasteiger partial charge < -0.3 is 10.6 Å². The smallest absolute Gasteiger partial charge is 1.00 e. The Morgan fingerprint density at radius 2 is 1.76 bits per heavy atom. The molecule has 1 aromatic rings. The molecule has 0 saturated carbocycles. The molecule has 1 N–H and O–H groups in total. The Labute approximate surface area is 149 Å². The van der Waals surface area contributed by atoms with Crippen molar-refractivity contribution in [3.05, 3.63) is 29.8 Å². The van der Waals surface area contributed by atoms with Gasteiger partial charge in [0, 0.05) is 6.42 Å². The number of benzene rings is 1. The van der Waals surface area contributed by atoms with E-state index in [4.69, 9.17) is 9.29 Å². The summed E-state index contributed by atoms with van der Waals surface area (Å²) < 4.78 is 36.4. The first-order valence-electron chi connectivity index (χ1n) is 6.15. The van der Waals surface area contributed by atoms with E-state index in [9.17, 15) is 13.2 Å². The monoisotopic (exact) mass is 326 g/mol. The molecule has 6 nitrogen and oxygen atoms in total. The molecule has 0 aliphatic carbocycles. The van der Waals surface area contributed by atoms with E-state index >= 15 is 0 Å². The van der Waals surface area contributed by atoms with Gasteiger partial charge in [0.1, 0.15) is 0 Å². The molecule has 1 rings (SSSR count). The molecule has 0 aliphatic heterocycles. The average molecular weight is 326 g/mol. The van der Waals surface area contributed by atoms with Crippen LogP contribution in [0.4, 0.5) is 0 Å². The van der Waals surface area contributed by atoms with Crippen molar-refractivity contribution in [2.75, 3.05) is 34.3 Å². The van der Waals surface area contributed by atoms with E-state index in [0.29, 0.717) is 6.61 Å². The van der Waals surface area contributed by atoms with E-state index in [0.717, 1.165) is 29.6 Å². The summed E-state index contributed by atoms with van der Waals surface area (Å²) in [6, 6.07) is 4.95. The predicted molar refractivity (Wildman–Crippen MR) is 75.2 cm³/mol. The van der Waals surface area contributed by atoms with Crippen LogP contribution in [0.2, 0.25) is 0 Å². The van der Waals surface area contributed by atoms with Crippen molar-refractivity contribution in [2.45, 2.75) is 11.3 Å². The summed E-state index contributed by atoms with van der Waals surface area (Å²) in [6.07, 6.45) is 0.748. The molecule has 0 amide bonds. The summed E-state index contributed by atoms with van der Waals surface area (Å²) in [5, 5.41) is 0. The van der Waals surface area contributed by atoms with Crippen LogP contribution in [0.5, 0.6) is 0 Å². The number of hydrogen-bond donors (Lipinski definition) is 1. The van der Waals surface area contributed by atoms with Gasteiger partial charge in [0.2, 0.25) is 0 Å². The topological polar surface area (TPSA) is 80.7 Å². The molecule has 0 saturated heterocycles. The Balaban J connectivity index is 0. The van der Waals surface area contributed by atoms with Crippen LogP contribution in [0.15, 0.2) is 29.2 Å². The fraction of sp³-hybridized carbons (Fsp3) is 0.462. The second-order valence-corrected chi connectivity index (χ2v) is 6.92. The number of esters is 1. The Hall–Kier alpha value is -0.440. The molecular weight excluding hydrogens is 305 g/mol. The fourth-order valence-electron chi connectivity index (χ4n) is 1.55. The molecule has 0 unspecified atom stereocenters. The van der Waals surface area contributed by atoms with Crippen LogP contribution in [0, 0.1) is 0 Å². The molecular formula is C13H21NNaO5S+. The van der Waals surface area contributed by atoms with E-state index in [-0.39, 0.29) is 41.4 Å². The maximum Gasteiger partial charge on any atom is 1.00 e. The first-order valence-corrected chi connectivity index (χ1v) is 7.59. The van der Waals surface area contributed by atoms with Gasteiger partial charge in [-0.3, -0.25) is 4.55 Å². The van der Waals surface area contributed by atoms with Crippen molar-refractivity contribution >= 4 is 16.1 Å². The molecule has 0 spiro atoms. The van der Waals surface area contributed by atoms with Crippen LogP contribution < -0.4 is 29.6 Å². The van der Waals surface area contributed by atoms with Crippen LogP contribution in [0.1, 0.15) is 18.2 Å². The largest absolute Gasteiger partial charge is 1.00 e. The van der Waals surface area contributed by atoms with Gasteiger partial charge in [0.15, 0.2) is 0 Å². The first-order chi connectivity index (χ1) is 9.09. The maximum absolute atomic E-state index is 11.7. The van der Waals surface area contributed by atoms with Gasteiger partial charge in [0.25, 0.3) is 10.1 Å². The Morgan fingerprint density at radius 3 is 2.19 bits per heavy atom. The van der Waals surface area contributed by atoms with Gasteiger partial charge in [-0.25, -0.2) is 4.79 Å². The molecule has 0 fully saturated rings. The summed E-state index contributed by atoms with van der Waals surface area (Å²) in [5.74, 6) is -0.506. The molecule has 21 heavy (non-hydrogen) atoms. The van der Waals surface area contributed by atoms with Crippen molar-refractivity contribution in [2.24, 2.45) is 0 Å². The van der Waals surface area contributed by atoms with E-state index in [1.165, 1.54) is 12.1 Å². The van der Waals surface area contributed by atoms with E-state index < -0.39 is 16.1 Å². The minimum atomic E-state index is -4.24. The summed E-state index contributed by atoms with van der Waals surface area (Å²) in [7, 11) is 1.92. The van der Waals surface area contributed by atoms with Crippen molar-refractivity contribution in [3.63, 3.8) is 0 Å². The Bertz CT molecular complexity index is 569. The number of nitrogens with zero attached hydrogens (tertiary/aromatic N) is 1. The zero-order valence-corrected chi connectivity index (χ0v) is 15.7. The number of ether oxygens (including phenoxy) is 1. The van der Waals surface area contributed by atoms with Gasteiger partial charge >= 0.3 is 35.5 Å². The molecule has 0 aliphatic rings. The van der Waals surface area contributed by atoms with E-state index in [1.807, 2.05) is 0 Å². The minimum Gasteiger partial charge on any atom is -1.00 e. The van der Waals surface area contributed by atoms with Crippen LogP contribution >= 0.6 is 0 Å². The normalized spacial score (nSPS) is 11.6. The number of carbonyl (C=O) groups excluding carboxylic acids is 1. The third-order valence-corrected chi connectivity index (χ3v) is 3.46. The van der Waals surface area contributed by atoms with Gasteiger partial charge in [-0.05, 0) is 24.3 Å². The molecule has 0 radical (unpaired) electrons. The molecule has 0 heterocycles. The van der Waals surface area contributed by atoms with Gasteiger partial charge in [-0.15, -0.1) is 0 Å². The standard InChI is InChI=1S/C13H19NO5S.Na.H/c1-14(2,3)9-4-10-19-13(15)11-5-7-12(8-6-11)20(16,17)18;;/h5-8H,4,9-10H2,1-3H3;;/q;+1;-1/p+1. The fourth-order valence-corrected chi connectivity index (χ4v) is 2.03. The molecule has 1 aromatic carbocycles. The summed E-state index contributed by atoms with van der Waals surface area (Å²) in [4.78, 5) is 11.4. The van der Waals surface area contributed by atoms with Crippen molar-refractivity contribution in [1.82, 2.24) is 0 Å². The zero-order valence-electron chi connectivity index (χ0n) is 13.9. The van der Waals surface area contributed by atoms with Crippen LogP contribution in [0.3, 0.4) is 0 Å². The van der Waals surface area contributed by atoms with E-state index in [1.54, 1.807) is 0 Å². The third kappa shape index (κ3) is 7.94. The van der Waals surface area contributed by atoms with E-state index in [2.05, 4.69) is 21.1 Å². The number of hydrogen-bond acceptors (Lipinski definition) is 4. The van der Waals surface area contributed by atoms with Crippen molar-refractivity contribution < 1.29 is 58.0 Å². The van der Waals surface area contributed by atoms with Gasteiger partial charge in [-0.2, -0.15) is 8.42 Å². The number of carbonyl (C=O) groups is 1. The molecule has 0 bridgehead atoms. The van der Waals surface area contributed by atoms with Crippen molar-refractivity contribution in [3.8, 4) is 0 Å². The molecule has 0 atom stereocenters. The minimum absolute atomic E-state index is 0. The third-order valence-electron chi connectivity index (χ3n) is 2.59. The molecule has 0 aromatic heterocycles. The van der Waals surface area contributed by atoms with Crippen molar-refractivity contribution in [1.29, 1.82) is 0 Å². The Kier molecular flexibility index (Phi) is 8.09. The number of quaternary nitrogens is 1.